The summed E-state index contributed by atoms with van der Waals surface area (Å²) in [4.78, 5) is 41.9. The minimum absolute atomic E-state index is 0.308. The molecule has 1 aromatic heterocycles. The van der Waals surface area contributed by atoms with Crippen molar-refractivity contribution in [3.8, 4) is 5.75 Å². The average molecular weight is 221 g/mol. The van der Waals surface area contributed by atoms with Gasteiger partial charge >= 0.3 is 17.1 Å². The predicted molar refractivity (Wildman–Crippen MR) is 54.4 cm³/mol. The first-order valence-electron chi connectivity index (χ1n) is 4.36. The third kappa shape index (κ3) is 1.92. The van der Waals surface area contributed by atoms with Gasteiger partial charge in [-0.1, -0.05) is 22.9 Å². The zero-order valence-electron chi connectivity index (χ0n) is 7.97. The van der Waals surface area contributed by atoms with Crippen molar-refractivity contribution in [2.45, 2.75) is 0 Å². The Balaban J connectivity index is 2.48. The topological polar surface area (TPSA) is 96.9 Å². The Morgan fingerprint density at radius 2 is 1.50 bits per heavy atom. The fourth-order valence-electron chi connectivity index (χ4n) is 1.09. The van der Waals surface area contributed by atoms with E-state index in [1.54, 1.807) is 30.3 Å². The van der Waals surface area contributed by atoms with Gasteiger partial charge in [0.05, 0.1) is 0 Å². The fourth-order valence-corrected chi connectivity index (χ4v) is 1.09. The Kier molecular flexibility index (Phi) is 2.42. The van der Waals surface area contributed by atoms with Gasteiger partial charge in [-0.15, -0.1) is 0 Å². The molecule has 0 aliphatic rings. The first kappa shape index (κ1) is 9.97. The Labute approximate surface area is 87.9 Å². The van der Waals surface area contributed by atoms with Crippen LogP contribution < -0.4 is 21.9 Å². The highest BCUT2D eigenvalue weighted by Crippen LogP contribution is 2.06. The van der Waals surface area contributed by atoms with Crippen LogP contribution in [0, 0.1) is 0 Å². The highest BCUT2D eigenvalue weighted by atomic mass is 16.7. The molecule has 0 atom stereocenters. The number of benzene rings is 1. The van der Waals surface area contributed by atoms with Gasteiger partial charge < -0.3 is 4.84 Å². The first-order chi connectivity index (χ1) is 7.66. The largest absolute Gasteiger partial charge is 0.367 e. The maximum Gasteiger partial charge on any atom is 0.367 e. The number of aromatic amines is 2. The van der Waals surface area contributed by atoms with Crippen LogP contribution in [0.3, 0.4) is 0 Å². The molecule has 16 heavy (non-hydrogen) atoms. The van der Waals surface area contributed by atoms with E-state index in [1.165, 1.54) is 0 Å². The Morgan fingerprint density at radius 3 is 2.06 bits per heavy atom. The molecule has 0 aliphatic carbocycles. The van der Waals surface area contributed by atoms with Crippen LogP contribution in [-0.2, 0) is 0 Å². The van der Waals surface area contributed by atoms with Gasteiger partial charge in [0.15, 0.2) is 5.75 Å². The van der Waals surface area contributed by atoms with Gasteiger partial charge in [0, 0.05) is 0 Å². The summed E-state index contributed by atoms with van der Waals surface area (Å²) in [5, 5.41) is 0. The summed E-state index contributed by atoms with van der Waals surface area (Å²) in [5.41, 5.74) is -2.74. The van der Waals surface area contributed by atoms with Crippen molar-refractivity contribution >= 4 is 0 Å². The Bertz CT molecular complexity index is 618. The number of para-hydroxylation sites is 1. The molecule has 0 fully saturated rings. The number of nitrogens with one attached hydrogen (secondary N) is 2. The highest BCUT2D eigenvalue weighted by Gasteiger charge is 2.04. The van der Waals surface area contributed by atoms with E-state index in [4.69, 9.17) is 4.84 Å². The van der Waals surface area contributed by atoms with Gasteiger partial charge in [-0.25, -0.2) is 14.4 Å². The molecule has 2 N–H and O–H groups in total. The van der Waals surface area contributed by atoms with Gasteiger partial charge in [-0.3, -0.25) is 9.97 Å². The number of aromatic nitrogens is 3. The van der Waals surface area contributed by atoms with Gasteiger partial charge in [-0.2, -0.15) is 0 Å². The summed E-state index contributed by atoms with van der Waals surface area (Å²) in [7, 11) is 0. The van der Waals surface area contributed by atoms with Crippen molar-refractivity contribution in [3.05, 3.63) is 61.8 Å². The molecule has 0 unspecified atom stereocenters. The molecule has 82 valence electrons. The quantitative estimate of drug-likeness (QED) is 0.684. The number of rotatable bonds is 2. The summed E-state index contributed by atoms with van der Waals surface area (Å²) in [6.45, 7) is 0. The van der Waals surface area contributed by atoms with E-state index in [2.05, 4.69) is 0 Å². The average Bonchev–Trinajstić information content (AvgIpc) is 2.25. The number of H-pyrrole nitrogens is 2. The lowest BCUT2D eigenvalue weighted by Crippen LogP contribution is -2.45. The van der Waals surface area contributed by atoms with E-state index < -0.39 is 17.1 Å². The highest BCUT2D eigenvalue weighted by molar-refractivity contribution is 5.20. The molecule has 2 rings (SSSR count). The van der Waals surface area contributed by atoms with Crippen molar-refractivity contribution in [2.75, 3.05) is 0 Å². The van der Waals surface area contributed by atoms with E-state index in [1.807, 2.05) is 9.97 Å². The number of nitrogens with zero attached hydrogens (tertiary/aromatic N) is 1. The molecule has 2 aromatic rings. The van der Waals surface area contributed by atoms with E-state index in [9.17, 15) is 14.4 Å². The lowest BCUT2D eigenvalue weighted by Gasteiger charge is -2.04. The van der Waals surface area contributed by atoms with Crippen LogP contribution in [0.25, 0.3) is 0 Å². The van der Waals surface area contributed by atoms with Gasteiger partial charge in [0.25, 0.3) is 0 Å². The van der Waals surface area contributed by atoms with Crippen molar-refractivity contribution in [1.82, 2.24) is 14.7 Å². The molecular formula is C9H7N3O4. The zero-order valence-corrected chi connectivity index (χ0v) is 7.97. The summed E-state index contributed by atoms with van der Waals surface area (Å²) >= 11 is 0. The second kappa shape index (κ2) is 3.89. The molecule has 0 saturated carbocycles. The molecule has 0 amide bonds. The number of hydrogen-bond donors (Lipinski definition) is 2. The van der Waals surface area contributed by atoms with Crippen LogP contribution in [0.15, 0.2) is 44.7 Å². The molecule has 0 bridgehead atoms. The second-order valence-electron chi connectivity index (χ2n) is 2.89. The Morgan fingerprint density at radius 1 is 0.938 bits per heavy atom. The third-order valence-corrected chi connectivity index (χ3v) is 1.75. The molecule has 7 nitrogen and oxygen atoms in total. The molecule has 0 saturated heterocycles. The predicted octanol–water partition coefficient (Wildman–Crippen LogP) is -0.933. The SMILES string of the molecule is O=c1[nH]c(=O)n(Oc2ccccc2)c(=O)[nH]1. The zero-order chi connectivity index (χ0) is 11.5. The molecule has 1 heterocycles. The summed E-state index contributed by atoms with van der Waals surface area (Å²) in [6.07, 6.45) is 0. The molecule has 0 spiro atoms. The normalized spacial score (nSPS) is 10.0. The lowest BCUT2D eigenvalue weighted by atomic mass is 10.3. The minimum Gasteiger partial charge on any atom is -0.366 e. The van der Waals surface area contributed by atoms with Crippen LogP contribution in [0.4, 0.5) is 0 Å². The third-order valence-electron chi connectivity index (χ3n) is 1.75. The lowest BCUT2D eigenvalue weighted by molar-refractivity contribution is 0.183. The minimum atomic E-state index is -0.933. The standard InChI is InChI=1S/C9H7N3O4/c13-7-10-8(14)12(9(15)11-7)16-6-4-2-1-3-5-6/h1-5H,(H2,10,11,13,14,15). The van der Waals surface area contributed by atoms with E-state index in [-0.39, 0.29) is 0 Å². The van der Waals surface area contributed by atoms with Crippen molar-refractivity contribution in [3.63, 3.8) is 0 Å². The van der Waals surface area contributed by atoms with Crippen LogP contribution in [0.5, 0.6) is 5.75 Å². The molecule has 1 aromatic carbocycles. The van der Waals surface area contributed by atoms with Crippen molar-refractivity contribution in [2.24, 2.45) is 0 Å². The number of hydrogen-bond acceptors (Lipinski definition) is 4. The van der Waals surface area contributed by atoms with E-state index >= 15 is 0 Å². The Hall–Kier alpha value is -2.57. The van der Waals surface area contributed by atoms with Gasteiger partial charge in [-0.05, 0) is 12.1 Å². The molecule has 7 heteroatoms. The van der Waals surface area contributed by atoms with E-state index in [0.717, 1.165) is 0 Å². The molecule has 0 radical (unpaired) electrons. The molecule has 0 aliphatic heterocycles. The van der Waals surface area contributed by atoms with Crippen LogP contribution in [0.1, 0.15) is 0 Å². The van der Waals surface area contributed by atoms with E-state index in [0.29, 0.717) is 10.5 Å². The first-order valence-corrected chi connectivity index (χ1v) is 4.36. The summed E-state index contributed by atoms with van der Waals surface area (Å²) < 4.78 is 0.427. The van der Waals surface area contributed by atoms with Crippen molar-refractivity contribution in [1.29, 1.82) is 0 Å². The maximum atomic E-state index is 11.2. The monoisotopic (exact) mass is 221 g/mol. The van der Waals surface area contributed by atoms with Crippen LogP contribution >= 0.6 is 0 Å². The maximum absolute atomic E-state index is 11.2. The van der Waals surface area contributed by atoms with Gasteiger partial charge in [0.2, 0.25) is 0 Å². The van der Waals surface area contributed by atoms with Crippen LogP contribution in [0.2, 0.25) is 0 Å². The van der Waals surface area contributed by atoms with Crippen LogP contribution in [-0.4, -0.2) is 14.7 Å². The second-order valence-corrected chi connectivity index (χ2v) is 2.89. The summed E-state index contributed by atoms with van der Waals surface area (Å²) in [5.74, 6) is 0.308. The van der Waals surface area contributed by atoms with Crippen molar-refractivity contribution < 1.29 is 4.84 Å². The summed E-state index contributed by atoms with van der Waals surface area (Å²) in [6, 6.07) is 8.25. The molecular weight excluding hydrogens is 214 g/mol. The fraction of sp³-hybridized carbons (Fsp3) is 0. The smallest absolute Gasteiger partial charge is 0.366 e. The van der Waals surface area contributed by atoms with Gasteiger partial charge in [0.1, 0.15) is 0 Å².